The Morgan fingerprint density at radius 2 is 1.64 bits per heavy atom. The molecule has 0 fully saturated rings. The summed E-state index contributed by atoms with van der Waals surface area (Å²) in [5.74, 6) is 0. The highest BCUT2D eigenvalue weighted by Crippen LogP contribution is 2.22. The Kier molecular flexibility index (Phi) is 3.45. The molecule has 4 nitrogen and oxygen atoms in total. The van der Waals surface area contributed by atoms with Gasteiger partial charge in [-0.3, -0.25) is 4.99 Å². The van der Waals surface area contributed by atoms with Gasteiger partial charge in [0.15, 0.2) is 0 Å². The van der Waals surface area contributed by atoms with Crippen molar-refractivity contribution in [3.05, 3.63) is 64.1 Å². The van der Waals surface area contributed by atoms with Gasteiger partial charge in [-0.2, -0.15) is 0 Å². The zero-order valence-electron chi connectivity index (χ0n) is 13.0. The van der Waals surface area contributed by atoms with Crippen LogP contribution in [0, 0.1) is 0 Å². The molecule has 22 heavy (non-hydrogen) atoms. The third kappa shape index (κ3) is 3.01. The van der Waals surface area contributed by atoms with Gasteiger partial charge in [0.1, 0.15) is 0 Å². The summed E-state index contributed by atoms with van der Waals surface area (Å²) in [5, 5.41) is 0. The molecule has 0 atom stereocenters. The maximum Gasteiger partial charge on any atom is 0.323 e. The van der Waals surface area contributed by atoms with Gasteiger partial charge < -0.3 is 9.97 Å². The normalized spacial score (nSPS) is 12.3. The minimum Gasteiger partial charge on any atom is -0.306 e. The molecule has 0 aliphatic heterocycles. The molecule has 3 aromatic rings. The number of imidazole rings is 1. The van der Waals surface area contributed by atoms with Crippen molar-refractivity contribution in [1.29, 1.82) is 0 Å². The lowest BCUT2D eigenvalue weighted by atomic mass is 9.87. The van der Waals surface area contributed by atoms with Crippen LogP contribution in [-0.4, -0.2) is 16.2 Å². The fourth-order valence-electron chi connectivity index (χ4n) is 2.32. The zero-order valence-corrected chi connectivity index (χ0v) is 13.0. The average molecular weight is 293 g/mol. The van der Waals surface area contributed by atoms with Crippen LogP contribution in [0.4, 0.5) is 5.69 Å². The van der Waals surface area contributed by atoms with Gasteiger partial charge in [-0.1, -0.05) is 45.0 Å². The van der Waals surface area contributed by atoms with Crippen molar-refractivity contribution >= 4 is 22.9 Å². The van der Waals surface area contributed by atoms with Crippen LogP contribution in [0.1, 0.15) is 31.9 Å². The van der Waals surface area contributed by atoms with Crippen molar-refractivity contribution < 1.29 is 0 Å². The number of hydrogen-bond donors (Lipinski definition) is 2. The Balaban J connectivity index is 1.84. The number of benzene rings is 2. The van der Waals surface area contributed by atoms with Crippen molar-refractivity contribution in [3.63, 3.8) is 0 Å². The lowest BCUT2D eigenvalue weighted by molar-refractivity contribution is 0.590. The molecule has 0 unspecified atom stereocenters. The van der Waals surface area contributed by atoms with Crippen molar-refractivity contribution in [2.45, 2.75) is 26.2 Å². The van der Waals surface area contributed by atoms with E-state index in [4.69, 9.17) is 0 Å². The summed E-state index contributed by atoms with van der Waals surface area (Å²) < 4.78 is 0. The van der Waals surface area contributed by atoms with E-state index in [1.54, 1.807) is 0 Å². The standard InChI is InChI=1S/C18H19N3O/c1-18(2,3)13-6-4-12(5-7-13)11-19-14-8-9-15-16(10-14)21-17(22)20-15/h4-11H,1-3H3,(H2,20,21,22). The Morgan fingerprint density at radius 1 is 0.955 bits per heavy atom. The van der Waals surface area contributed by atoms with E-state index in [-0.39, 0.29) is 11.1 Å². The Bertz CT molecular complexity index is 877. The first-order valence-corrected chi connectivity index (χ1v) is 7.28. The number of H-pyrrole nitrogens is 2. The number of aliphatic imine (C=N–C) groups is 1. The van der Waals surface area contributed by atoms with Crippen LogP contribution in [0.5, 0.6) is 0 Å². The summed E-state index contributed by atoms with van der Waals surface area (Å²) in [6.07, 6.45) is 1.83. The van der Waals surface area contributed by atoms with Gasteiger partial charge in [-0.15, -0.1) is 0 Å². The molecular weight excluding hydrogens is 274 g/mol. The molecule has 0 spiro atoms. The van der Waals surface area contributed by atoms with Gasteiger partial charge in [0.25, 0.3) is 0 Å². The second-order valence-corrected chi connectivity index (χ2v) is 6.44. The molecule has 1 aromatic heterocycles. The minimum atomic E-state index is -0.200. The van der Waals surface area contributed by atoms with E-state index < -0.39 is 0 Å². The molecule has 2 aromatic carbocycles. The van der Waals surface area contributed by atoms with E-state index >= 15 is 0 Å². The van der Waals surface area contributed by atoms with Gasteiger partial charge in [-0.25, -0.2) is 4.79 Å². The highest BCUT2D eigenvalue weighted by Gasteiger charge is 2.12. The third-order valence-electron chi connectivity index (χ3n) is 3.64. The monoisotopic (exact) mass is 293 g/mol. The van der Waals surface area contributed by atoms with Gasteiger partial charge in [0.2, 0.25) is 0 Å². The second kappa shape index (κ2) is 5.30. The molecule has 1 heterocycles. The summed E-state index contributed by atoms with van der Waals surface area (Å²) in [7, 11) is 0. The maximum atomic E-state index is 11.2. The molecule has 0 aliphatic rings. The summed E-state index contributed by atoms with van der Waals surface area (Å²) >= 11 is 0. The zero-order chi connectivity index (χ0) is 15.7. The molecule has 4 heteroatoms. The summed E-state index contributed by atoms with van der Waals surface area (Å²) in [6, 6.07) is 14.0. The smallest absolute Gasteiger partial charge is 0.306 e. The van der Waals surface area contributed by atoms with Crippen LogP contribution in [0.3, 0.4) is 0 Å². The summed E-state index contributed by atoms with van der Waals surface area (Å²) in [5.41, 5.74) is 4.67. The first kappa shape index (κ1) is 14.3. The van der Waals surface area contributed by atoms with Crippen molar-refractivity contribution in [1.82, 2.24) is 9.97 Å². The topological polar surface area (TPSA) is 61.0 Å². The number of aromatic amines is 2. The van der Waals surface area contributed by atoms with E-state index in [1.165, 1.54) is 5.56 Å². The highest BCUT2D eigenvalue weighted by molar-refractivity contribution is 5.84. The molecule has 0 bridgehead atoms. The van der Waals surface area contributed by atoms with Crippen LogP contribution in [0.2, 0.25) is 0 Å². The molecule has 112 valence electrons. The van der Waals surface area contributed by atoms with Crippen LogP contribution >= 0.6 is 0 Å². The summed E-state index contributed by atoms with van der Waals surface area (Å²) in [6.45, 7) is 6.59. The Labute approximate surface area is 128 Å². The predicted octanol–water partition coefficient (Wildman–Crippen LogP) is 3.90. The van der Waals surface area contributed by atoms with Crippen LogP contribution in [0.25, 0.3) is 11.0 Å². The van der Waals surface area contributed by atoms with E-state index in [2.05, 4.69) is 60.0 Å². The number of fused-ring (bicyclic) bond motifs is 1. The lowest BCUT2D eigenvalue weighted by Gasteiger charge is -2.18. The van der Waals surface area contributed by atoms with E-state index in [1.807, 2.05) is 24.4 Å². The molecule has 0 saturated heterocycles. The molecule has 2 N–H and O–H groups in total. The SMILES string of the molecule is CC(C)(C)c1ccc(C=Nc2ccc3[nH]c(=O)[nH]c3c2)cc1. The largest absolute Gasteiger partial charge is 0.323 e. The van der Waals surface area contributed by atoms with Crippen LogP contribution in [-0.2, 0) is 5.41 Å². The molecule has 0 aliphatic carbocycles. The number of nitrogens with zero attached hydrogens (tertiary/aromatic N) is 1. The molecule has 0 saturated carbocycles. The quantitative estimate of drug-likeness (QED) is 0.691. The van der Waals surface area contributed by atoms with E-state index in [9.17, 15) is 4.79 Å². The van der Waals surface area contributed by atoms with Crippen LogP contribution in [0.15, 0.2) is 52.3 Å². The van der Waals surface area contributed by atoms with Gasteiger partial charge >= 0.3 is 5.69 Å². The first-order chi connectivity index (χ1) is 10.4. The van der Waals surface area contributed by atoms with E-state index in [0.717, 1.165) is 22.3 Å². The average Bonchev–Trinajstić information content (AvgIpc) is 2.84. The fourth-order valence-corrected chi connectivity index (χ4v) is 2.32. The van der Waals surface area contributed by atoms with E-state index in [0.29, 0.717) is 0 Å². The van der Waals surface area contributed by atoms with Crippen molar-refractivity contribution in [3.8, 4) is 0 Å². The number of aromatic nitrogens is 2. The third-order valence-corrected chi connectivity index (χ3v) is 3.64. The highest BCUT2D eigenvalue weighted by atomic mass is 16.1. The number of hydrogen-bond acceptors (Lipinski definition) is 2. The minimum absolute atomic E-state index is 0.154. The van der Waals surface area contributed by atoms with Crippen molar-refractivity contribution in [2.75, 3.05) is 0 Å². The van der Waals surface area contributed by atoms with Gasteiger partial charge in [0.05, 0.1) is 16.7 Å². The van der Waals surface area contributed by atoms with Crippen LogP contribution < -0.4 is 5.69 Å². The van der Waals surface area contributed by atoms with Crippen molar-refractivity contribution in [2.24, 2.45) is 4.99 Å². The number of rotatable bonds is 2. The lowest BCUT2D eigenvalue weighted by Crippen LogP contribution is -2.10. The number of nitrogens with one attached hydrogen (secondary N) is 2. The van der Waals surface area contributed by atoms with Gasteiger partial charge in [-0.05, 0) is 34.7 Å². The Morgan fingerprint density at radius 3 is 2.32 bits per heavy atom. The molecule has 0 radical (unpaired) electrons. The Hall–Kier alpha value is -2.62. The maximum absolute atomic E-state index is 11.2. The summed E-state index contributed by atoms with van der Waals surface area (Å²) in [4.78, 5) is 21.2. The first-order valence-electron chi connectivity index (χ1n) is 7.28. The molecular formula is C18H19N3O. The molecule has 3 rings (SSSR count). The van der Waals surface area contributed by atoms with Gasteiger partial charge in [0, 0.05) is 6.21 Å². The second-order valence-electron chi connectivity index (χ2n) is 6.44. The predicted molar refractivity (Wildman–Crippen MR) is 91.3 cm³/mol. The fraction of sp³-hybridized carbons (Fsp3) is 0.222. The molecule has 0 amide bonds.